The molecular weight excluding hydrogens is 256 g/mol. The second-order valence-electron chi connectivity index (χ2n) is 5.58. The first kappa shape index (κ1) is 15.0. The zero-order valence-electron chi connectivity index (χ0n) is 12.2. The van der Waals surface area contributed by atoms with Crippen LogP contribution in [-0.4, -0.2) is 43.8 Å². The molecule has 6 nitrogen and oxygen atoms in total. The fourth-order valence-corrected chi connectivity index (χ4v) is 2.87. The number of carboxylic acids is 1. The van der Waals surface area contributed by atoms with E-state index < -0.39 is 5.97 Å². The van der Waals surface area contributed by atoms with Crippen molar-refractivity contribution in [1.29, 1.82) is 0 Å². The first-order valence-corrected chi connectivity index (χ1v) is 7.50. The van der Waals surface area contributed by atoms with E-state index in [9.17, 15) is 4.79 Å². The zero-order valence-corrected chi connectivity index (χ0v) is 12.2. The molecule has 0 spiro atoms. The van der Waals surface area contributed by atoms with Crippen LogP contribution < -0.4 is 0 Å². The number of carboxylic acid groups (broad SMARTS) is 1. The van der Waals surface area contributed by atoms with Crippen molar-refractivity contribution in [1.82, 2.24) is 19.7 Å². The van der Waals surface area contributed by atoms with Gasteiger partial charge in [-0.15, -0.1) is 0 Å². The van der Waals surface area contributed by atoms with Gasteiger partial charge >= 0.3 is 5.97 Å². The van der Waals surface area contributed by atoms with Gasteiger partial charge in [-0.3, -0.25) is 9.69 Å². The Bertz CT molecular complexity index is 433. The van der Waals surface area contributed by atoms with Gasteiger partial charge in [0.2, 0.25) is 0 Å². The molecule has 1 aliphatic rings. The number of hydrogen-bond donors (Lipinski definition) is 1. The van der Waals surface area contributed by atoms with Crippen LogP contribution in [0.25, 0.3) is 0 Å². The van der Waals surface area contributed by atoms with E-state index in [0.29, 0.717) is 5.92 Å². The van der Waals surface area contributed by atoms with Crippen LogP contribution in [0.1, 0.15) is 44.9 Å². The molecule has 1 aromatic heterocycles. The minimum absolute atomic E-state index is 0.282. The monoisotopic (exact) mass is 280 g/mol. The van der Waals surface area contributed by atoms with Crippen LogP contribution in [0.2, 0.25) is 0 Å². The van der Waals surface area contributed by atoms with E-state index in [1.165, 1.54) is 0 Å². The third-order valence-corrected chi connectivity index (χ3v) is 3.87. The standard InChI is InChI=1S/C14H24N4O2/c1-2-7-18-13(15-11-16-18)10-17-8-3-4-12(9-17)5-6-14(19)20/h11-12H,2-10H2,1H3,(H,19,20). The van der Waals surface area contributed by atoms with Gasteiger partial charge in [0.1, 0.15) is 12.2 Å². The van der Waals surface area contributed by atoms with E-state index in [1.807, 2.05) is 4.68 Å². The second kappa shape index (κ2) is 7.38. The summed E-state index contributed by atoms with van der Waals surface area (Å²) in [5.41, 5.74) is 0. The Morgan fingerprint density at radius 3 is 3.15 bits per heavy atom. The predicted octanol–water partition coefficient (Wildman–Crippen LogP) is 1.76. The number of hydrogen-bond acceptors (Lipinski definition) is 4. The van der Waals surface area contributed by atoms with Crippen molar-refractivity contribution < 1.29 is 9.90 Å². The number of aromatic nitrogens is 3. The van der Waals surface area contributed by atoms with Gasteiger partial charge in [-0.1, -0.05) is 6.92 Å². The average Bonchev–Trinajstić information content (AvgIpc) is 2.85. The fourth-order valence-electron chi connectivity index (χ4n) is 2.87. The minimum Gasteiger partial charge on any atom is -0.481 e. The molecular formula is C14H24N4O2. The summed E-state index contributed by atoms with van der Waals surface area (Å²) in [7, 11) is 0. The highest BCUT2D eigenvalue weighted by Gasteiger charge is 2.21. The van der Waals surface area contributed by atoms with E-state index in [2.05, 4.69) is 21.9 Å². The van der Waals surface area contributed by atoms with Crippen LogP contribution in [0.15, 0.2) is 6.33 Å². The lowest BCUT2D eigenvalue weighted by Gasteiger charge is -2.32. The summed E-state index contributed by atoms with van der Waals surface area (Å²) in [5.74, 6) is 0.831. The molecule has 1 N–H and O–H groups in total. The normalized spacial score (nSPS) is 20.1. The van der Waals surface area contributed by atoms with Gasteiger partial charge in [0.25, 0.3) is 0 Å². The van der Waals surface area contributed by atoms with Crippen molar-refractivity contribution in [2.24, 2.45) is 5.92 Å². The maximum absolute atomic E-state index is 10.7. The van der Waals surface area contributed by atoms with Crippen LogP contribution in [0.4, 0.5) is 0 Å². The van der Waals surface area contributed by atoms with Gasteiger partial charge in [0.05, 0.1) is 6.54 Å². The van der Waals surface area contributed by atoms with Crippen molar-refractivity contribution in [2.75, 3.05) is 13.1 Å². The summed E-state index contributed by atoms with van der Waals surface area (Å²) >= 11 is 0. The van der Waals surface area contributed by atoms with Crippen LogP contribution in [0.3, 0.4) is 0 Å². The van der Waals surface area contributed by atoms with Gasteiger partial charge in [-0.25, -0.2) is 9.67 Å². The number of aryl methyl sites for hydroxylation is 1. The molecule has 1 unspecified atom stereocenters. The lowest BCUT2D eigenvalue weighted by Crippen LogP contribution is -2.36. The highest BCUT2D eigenvalue weighted by molar-refractivity contribution is 5.66. The molecule has 2 rings (SSSR count). The molecule has 0 amide bonds. The number of rotatable bonds is 7. The highest BCUT2D eigenvalue weighted by Crippen LogP contribution is 2.22. The Hall–Kier alpha value is -1.43. The number of nitrogens with zero attached hydrogens (tertiary/aromatic N) is 4. The van der Waals surface area contributed by atoms with Gasteiger partial charge in [0, 0.05) is 19.5 Å². The summed E-state index contributed by atoms with van der Waals surface area (Å²) in [4.78, 5) is 17.4. The first-order chi connectivity index (χ1) is 9.69. The van der Waals surface area contributed by atoms with Crippen LogP contribution in [0.5, 0.6) is 0 Å². The Balaban J connectivity index is 1.85. The summed E-state index contributed by atoms with van der Waals surface area (Å²) in [5, 5.41) is 13.0. The molecule has 0 saturated carbocycles. The van der Waals surface area contributed by atoms with E-state index >= 15 is 0 Å². The van der Waals surface area contributed by atoms with E-state index in [0.717, 1.165) is 57.7 Å². The topological polar surface area (TPSA) is 71.2 Å². The van der Waals surface area contributed by atoms with E-state index in [4.69, 9.17) is 5.11 Å². The minimum atomic E-state index is -0.690. The number of likely N-dealkylation sites (tertiary alicyclic amines) is 1. The number of carbonyl (C=O) groups is 1. The Labute approximate surface area is 119 Å². The molecule has 0 aliphatic carbocycles. The maximum atomic E-state index is 10.7. The van der Waals surface area contributed by atoms with Crippen molar-refractivity contribution >= 4 is 5.97 Å². The SMILES string of the molecule is CCCn1ncnc1CN1CCCC(CCC(=O)O)C1. The lowest BCUT2D eigenvalue weighted by atomic mass is 9.93. The van der Waals surface area contributed by atoms with Crippen LogP contribution >= 0.6 is 0 Å². The van der Waals surface area contributed by atoms with Crippen molar-refractivity contribution in [3.63, 3.8) is 0 Å². The fraction of sp³-hybridized carbons (Fsp3) is 0.786. The number of piperidine rings is 1. The van der Waals surface area contributed by atoms with Gasteiger partial charge in [-0.05, 0) is 38.1 Å². The Kier molecular flexibility index (Phi) is 5.52. The van der Waals surface area contributed by atoms with Gasteiger partial charge in [-0.2, -0.15) is 5.10 Å². The quantitative estimate of drug-likeness (QED) is 0.824. The molecule has 1 aliphatic heterocycles. The number of aliphatic carboxylic acids is 1. The summed E-state index contributed by atoms with van der Waals surface area (Å²) < 4.78 is 1.97. The molecule has 0 radical (unpaired) electrons. The van der Waals surface area contributed by atoms with E-state index in [1.54, 1.807) is 6.33 Å². The van der Waals surface area contributed by atoms with Crippen LogP contribution in [0, 0.1) is 5.92 Å². The molecule has 6 heteroatoms. The third kappa shape index (κ3) is 4.30. The van der Waals surface area contributed by atoms with Gasteiger partial charge in [0.15, 0.2) is 0 Å². The molecule has 112 valence electrons. The van der Waals surface area contributed by atoms with Crippen molar-refractivity contribution in [3.8, 4) is 0 Å². The Morgan fingerprint density at radius 2 is 2.40 bits per heavy atom. The summed E-state index contributed by atoms with van der Waals surface area (Å²) in [6.07, 6.45) is 6.03. The highest BCUT2D eigenvalue weighted by atomic mass is 16.4. The predicted molar refractivity (Wildman–Crippen MR) is 75.2 cm³/mol. The van der Waals surface area contributed by atoms with Crippen LogP contribution in [-0.2, 0) is 17.9 Å². The first-order valence-electron chi connectivity index (χ1n) is 7.50. The maximum Gasteiger partial charge on any atom is 0.303 e. The zero-order chi connectivity index (χ0) is 14.4. The molecule has 20 heavy (non-hydrogen) atoms. The second-order valence-corrected chi connectivity index (χ2v) is 5.58. The van der Waals surface area contributed by atoms with Gasteiger partial charge < -0.3 is 5.11 Å². The summed E-state index contributed by atoms with van der Waals surface area (Å²) in [6.45, 7) is 5.91. The van der Waals surface area contributed by atoms with Crippen molar-refractivity contribution in [3.05, 3.63) is 12.2 Å². The molecule has 1 saturated heterocycles. The largest absolute Gasteiger partial charge is 0.481 e. The molecule has 0 bridgehead atoms. The molecule has 1 aromatic rings. The average molecular weight is 280 g/mol. The molecule has 2 heterocycles. The third-order valence-electron chi connectivity index (χ3n) is 3.87. The van der Waals surface area contributed by atoms with E-state index in [-0.39, 0.29) is 6.42 Å². The Morgan fingerprint density at radius 1 is 1.55 bits per heavy atom. The summed E-state index contributed by atoms with van der Waals surface area (Å²) in [6, 6.07) is 0. The molecule has 1 fully saturated rings. The van der Waals surface area contributed by atoms with Crippen molar-refractivity contribution in [2.45, 2.75) is 52.1 Å². The molecule has 1 atom stereocenters. The molecule has 0 aromatic carbocycles. The smallest absolute Gasteiger partial charge is 0.303 e. The lowest BCUT2D eigenvalue weighted by molar-refractivity contribution is -0.137.